The maximum Gasteiger partial charge on any atom is 0.224 e. The number of amides is 1. The van der Waals surface area contributed by atoms with Crippen molar-refractivity contribution in [1.29, 1.82) is 0 Å². The number of hydrogen-bond acceptors (Lipinski definition) is 2. The van der Waals surface area contributed by atoms with Gasteiger partial charge >= 0.3 is 0 Å². The molecule has 1 saturated carbocycles. The average molecular weight is 258 g/mol. The normalized spacial score (nSPS) is 20.7. The molecule has 3 nitrogen and oxygen atoms in total. The van der Waals surface area contributed by atoms with Crippen LogP contribution in [-0.4, -0.2) is 36.0 Å². The largest absolute Gasteiger partial charge is 0.349 e. The van der Waals surface area contributed by atoms with E-state index in [0.29, 0.717) is 6.42 Å². The highest BCUT2D eigenvalue weighted by atomic mass is 16.1. The number of benzene rings is 1. The van der Waals surface area contributed by atoms with E-state index in [4.69, 9.17) is 0 Å². The molecule has 1 aliphatic carbocycles. The number of nitrogens with one attached hydrogen (secondary N) is 1. The van der Waals surface area contributed by atoms with Crippen LogP contribution in [-0.2, 0) is 11.2 Å². The van der Waals surface area contributed by atoms with Gasteiger partial charge in [0.1, 0.15) is 0 Å². The van der Waals surface area contributed by atoms with E-state index >= 15 is 0 Å². The van der Waals surface area contributed by atoms with Gasteiger partial charge in [0, 0.05) is 6.54 Å². The van der Waals surface area contributed by atoms with E-state index in [1.165, 1.54) is 25.1 Å². The van der Waals surface area contributed by atoms with Gasteiger partial charge in [-0.3, -0.25) is 4.79 Å². The monoisotopic (exact) mass is 258 g/mol. The summed E-state index contributed by atoms with van der Waals surface area (Å²) in [5.41, 5.74) is 2.44. The Labute approximate surface area is 115 Å². The minimum atomic E-state index is 0.0974. The summed E-state index contributed by atoms with van der Waals surface area (Å²) < 4.78 is 0. The molecule has 0 atom stereocenters. The molecule has 2 fully saturated rings. The van der Waals surface area contributed by atoms with Gasteiger partial charge in [0.25, 0.3) is 0 Å². The minimum absolute atomic E-state index is 0.0974. The van der Waals surface area contributed by atoms with Gasteiger partial charge in [-0.1, -0.05) is 24.3 Å². The topological polar surface area (TPSA) is 32.3 Å². The molecule has 19 heavy (non-hydrogen) atoms. The van der Waals surface area contributed by atoms with Crippen molar-refractivity contribution in [1.82, 2.24) is 10.2 Å². The zero-order valence-electron chi connectivity index (χ0n) is 11.6. The first kappa shape index (κ1) is 12.7. The summed E-state index contributed by atoms with van der Waals surface area (Å²) >= 11 is 0. The number of likely N-dealkylation sites (tertiary alicyclic amines) is 1. The van der Waals surface area contributed by atoms with Crippen LogP contribution in [0.1, 0.15) is 30.4 Å². The number of carbonyl (C=O) groups is 1. The Kier molecular flexibility index (Phi) is 3.31. The first-order valence-electron chi connectivity index (χ1n) is 7.25. The van der Waals surface area contributed by atoms with E-state index in [1.807, 2.05) is 18.2 Å². The Hall–Kier alpha value is -1.35. The molecule has 1 heterocycles. The summed E-state index contributed by atoms with van der Waals surface area (Å²) in [7, 11) is 0. The Morgan fingerprint density at radius 1 is 1.32 bits per heavy atom. The Balaban J connectivity index is 1.55. The average Bonchev–Trinajstić information content (AvgIpc) is 3.07. The van der Waals surface area contributed by atoms with Crippen LogP contribution in [0.2, 0.25) is 0 Å². The van der Waals surface area contributed by atoms with E-state index in [0.717, 1.165) is 24.9 Å². The lowest BCUT2D eigenvalue weighted by atomic mass is 10.1. The lowest BCUT2D eigenvalue weighted by Crippen LogP contribution is -2.50. The second-order valence-electron chi connectivity index (χ2n) is 6.06. The van der Waals surface area contributed by atoms with Crippen molar-refractivity contribution < 1.29 is 4.79 Å². The zero-order chi connectivity index (χ0) is 13.3. The highest BCUT2D eigenvalue weighted by Gasteiger charge is 2.45. The summed E-state index contributed by atoms with van der Waals surface area (Å²) in [5.74, 6) is 0.173. The first-order valence-corrected chi connectivity index (χ1v) is 7.25. The highest BCUT2D eigenvalue weighted by molar-refractivity contribution is 5.80. The van der Waals surface area contributed by atoms with Gasteiger partial charge in [-0.2, -0.15) is 0 Å². The molecule has 102 valence electrons. The predicted octanol–water partition coefficient (Wildman–Crippen LogP) is 1.89. The van der Waals surface area contributed by atoms with Crippen molar-refractivity contribution in [3.8, 4) is 0 Å². The van der Waals surface area contributed by atoms with Crippen molar-refractivity contribution in [2.45, 2.75) is 38.1 Å². The molecule has 3 heteroatoms. The fourth-order valence-corrected chi connectivity index (χ4v) is 2.76. The first-order chi connectivity index (χ1) is 9.17. The lowest BCUT2D eigenvalue weighted by molar-refractivity contribution is -0.121. The summed E-state index contributed by atoms with van der Waals surface area (Å²) in [6.07, 6.45) is 4.10. The van der Waals surface area contributed by atoms with E-state index in [9.17, 15) is 4.79 Å². The van der Waals surface area contributed by atoms with Gasteiger partial charge in [0.15, 0.2) is 0 Å². The van der Waals surface area contributed by atoms with Gasteiger partial charge in [-0.15, -0.1) is 0 Å². The third-order valence-corrected chi connectivity index (χ3v) is 4.35. The second kappa shape index (κ2) is 4.97. The lowest BCUT2D eigenvalue weighted by Gasteiger charge is -2.34. The second-order valence-corrected chi connectivity index (χ2v) is 6.06. The van der Waals surface area contributed by atoms with Crippen LogP contribution in [0.25, 0.3) is 0 Å². The van der Waals surface area contributed by atoms with Crippen LogP contribution >= 0.6 is 0 Å². The third-order valence-electron chi connectivity index (χ3n) is 4.35. The fraction of sp³-hybridized carbons (Fsp3) is 0.562. The highest BCUT2D eigenvalue weighted by Crippen LogP contribution is 2.37. The van der Waals surface area contributed by atoms with Crippen molar-refractivity contribution in [2.24, 2.45) is 0 Å². The smallest absolute Gasteiger partial charge is 0.224 e. The summed E-state index contributed by atoms with van der Waals surface area (Å²) in [6.45, 7) is 5.52. The molecule has 1 N–H and O–H groups in total. The number of rotatable bonds is 5. The standard InChI is InChI=1S/C16H22N2O/c1-13-5-2-3-6-14(13)11-15(19)17-16(7-8-16)12-18-9-4-10-18/h2-3,5-6H,4,7-12H2,1H3,(H,17,19). The summed E-state index contributed by atoms with van der Waals surface area (Å²) in [4.78, 5) is 14.6. The van der Waals surface area contributed by atoms with Gasteiger partial charge in [-0.25, -0.2) is 0 Å². The van der Waals surface area contributed by atoms with Gasteiger partial charge in [0.2, 0.25) is 5.91 Å². The van der Waals surface area contributed by atoms with E-state index in [1.54, 1.807) is 0 Å². The van der Waals surface area contributed by atoms with Crippen LogP contribution < -0.4 is 5.32 Å². The van der Waals surface area contributed by atoms with E-state index < -0.39 is 0 Å². The quantitative estimate of drug-likeness (QED) is 0.875. The summed E-state index contributed by atoms with van der Waals surface area (Å²) in [6, 6.07) is 8.13. The molecule has 1 aromatic rings. The predicted molar refractivity (Wildman–Crippen MR) is 76.0 cm³/mol. The van der Waals surface area contributed by atoms with Crippen LogP contribution in [0, 0.1) is 6.92 Å². The molecule has 0 spiro atoms. The van der Waals surface area contributed by atoms with Gasteiger partial charge in [0.05, 0.1) is 12.0 Å². The van der Waals surface area contributed by atoms with Crippen molar-refractivity contribution in [3.63, 3.8) is 0 Å². The van der Waals surface area contributed by atoms with Crippen LogP contribution in [0.15, 0.2) is 24.3 Å². The molecule has 0 aromatic heterocycles. The minimum Gasteiger partial charge on any atom is -0.349 e. The van der Waals surface area contributed by atoms with E-state index in [-0.39, 0.29) is 11.4 Å². The molecule has 1 saturated heterocycles. The number of hydrogen-bond donors (Lipinski definition) is 1. The molecule has 1 aliphatic heterocycles. The molecule has 0 radical (unpaired) electrons. The Morgan fingerprint density at radius 3 is 2.63 bits per heavy atom. The maximum atomic E-state index is 12.2. The summed E-state index contributed by atoms with van der Waals surface area (Å²) in [5, 5.41) is 3.26. The molecule has 0 bridgehead atoms. The third kappa shape index (κ3) is 2.98. The van der Waals surface area contributed by atoms with Crippen LogP contribution in [0.4, 0.5) is 0 Å². The number of aryl methyl sites for hydroxylation is 1. The van der Waals surface area contributed by atoms with Crippen molar-refractivity contribution in [3.05, 3.63) is 35.4 Å². The molecular weight excluding hydrogens is 236 g/mol. The molecule has 0 unspecified atom stereocenters. The van der Waals surface area contributed by atoms with Gasteiger partial charge in [-0.05, 0) is 50.4 Å². The number of carbonyl (C=O) groups excluding carboxylic acids is 1. The zero-order valence-corrected chi connectivity index (χ0v) is 11.6. The van der Waals surface area contributed by atoms with Crippen molar-refractivity contribution >= 4 is 5.91 Å². The van der Waals surface area contributed by atoms with E-state index in [2.05, 4.69) is 23.2 Å². The maximum absolute atomic E-state index is 12.2. The fourth-order valence-electron chi connectivity index (χ4n) is 2.76. The molecule has 1 amide bonds. The van der Waals surface area contributed by atoms with Gasteiger partial charge < -0.3 is 10.2 Å². The Morgan fingerprint density at radius 2 is 2.05 bits per heavy atom. The van der Waals surface area contributed by atoms with Crippen LogP contribution in [0.5, 0.6) is 0 Å². The molecular formula is C16H22N2O. The van der Waals surface area contributed by atoms with Crippen LogP contribution in [0.3, 0.4) is 0 Å². The SMILES string of the molecule is Cc1ccccc1CC(=O)NC1(CN2CCC2)CC1. The molecule has 1 aromatic carbocycles. The van der Waals surface area contributed by atoms with Crippen molar-refractivity contribution in [2.75, 3.05) is 19.6 Å². The number of nitrogens with zero attached hydrogens (tertiary/aromatic N) is 1. The Bertz CT molecular complexity index is 475. The molecule has 2 aliphatic rings. The molecule has 3 rings (SSSR count).